The van der Waals surface area contributed by atoms with Crippen molar-refractivity contribution in [1.29, 1.82) is 0 Å². The van der Waals surface area contributed by atoms with Crippen molar-refractivity contribution in [3.63, 3.8) is 0 Å². The van der Waals surface area contributed by atoms with Crippen molar-refractivity contribution >= 4 is 17.9 Å². The Kier molecular flexibility index (Phi) is 12.0. The van der Waals surface area contributed by atoms with E-state index in [0.29, 0.717) is 0 Å². The number of carbonyl (C=O) groups is 3. The molecule has 30 heavy (non-hydrogen) atoms. The number of carbonyl (C=O) groups excluding carboxylic acids is 3. The Morgan fingerprint density at radius 1 is 0.733 bits per heavy atom. The van der Waals surface area contributed by atoms with Crippen LogP contribution < -0.4 is 0 Å². The van der Waals surface area contributed by atoms with Crippen LogP contribution in [0.5, 0.6) is 0 Å². The maximum absolute atomic E-state index is 12.1. The highest BCUT2D eigenvalue weighted by atomic mass is 16.6. The van der Waals surface area contributed by atoms with Gasteiger partial charge in [-0.3, -0.25) is 14.4 Å². The zero-order valence-corrected chi connectivity index (χ0v) is 18.5. The smallest absolute Gasteiger partial charge is 0.312 e. The van der Waals surface area contributed by atoms with Crippen LogP contribution in [0.4, 0.5) is 0 Å². The van der Waals surface area contributed by atoms with Crippen molar-refractivity contribution in [2.45, 2.75) is 45.8 Å². The molecule has 0 aromatic carbocycles. The second kappa shape index (κ2) is 13.9. The van der Waals surface area contributed by atoms with E-state index < -0.39 is 17.9 Å². The molecule has 1 heterocycles. The Hall–Kier alpha value is -2.19. The molecule has 0 saturated heterocycles. The molecule has 0 unspecified atom stereocenters. The molecule has 1 aliphatic heterocycles. The molecule has 0 N–H and O–H groups in total. The van der Waals surface area contributed by atoms with Gasteiger partial charge >= 0.3 is 17.9 Å². The van der Waals surface area contributed by atoms with Crippen molar-refractivity contribution in [2.24, 2.45) is 17.8 Å². The minimum atomic E-state index is -0.585. The molecule has 0 spiro atoms. The Morgan fingerprint density at radius 2 is 1.17 bits per heavy atom. The zero-order chi connectivity index (χ0) is 22.5. The van der Waals surface area contributed by atoms with Crippen LogP contribution >= 0.6 is 0 Å². The Balaban J connectivity index is 2.86. The van der Waals surface area contributed by atoms with Crippen molar-refractivity contribution in [1.82, 2.24) is 0 Å². The largest absolute Gasteiger partial charge is 0.465 e. The normalized spacial score (nSPS) is 33.0. The van der Waals surface area contributed by atoms with Crippen molar-refractivity contribution in [3.05, 3.63) is 24.3 Å². The zero-order valence-electron chi connectivity index (χ0n) is 18.5. The SMILES string of the molecule is CO[C@H]1COC(=O)C/C=C/[C@H](C)[C@@H](OC)COC(=O)[C@H](C)COC(=O)C/C=C/[C@@H]1C. The van der Waals surface area contributed by atoms with Gasteiger partial charge in [-0.1, -0.05) is 38.2 Å². The van der Waals surface area contributed by atoms with Crippen LogP contribution in [0.2, 0.25) is 0 Å². The van der Waals surface area contributed by atoms with Gasteiger partial charge in [0, 0.05) is 26.1 Å². The lowest BCUT2D eigenvalue weighted by atomic mass is 10.0. The lowest BCUT2D eigenvalue weighted by molar-refractivity contribution is -0.157. The average Bonchev–Trinajstić information content (AvgIpc) is 2.72. The highest BCUT2D eigenvalue weighted by Gasteiger charge is 2.22. The van der Waals surface area contributed by atoms with E-state index in [2.05, 4.69) is 0 Å². The van der Waals surface area contributed by atoms with Crippen LogP contribution in [0.25, 0.3) is 0 Å². The van der Waals surface area contributed by atoms with Gasteiger partial charge in [-0.15, -0.1) is 0 Å². The van der Waals surface area contributed by atoms with E-state index in [-0.39, 0.29) is 62.7 Å². The van der Waals surface area contributed by atoms with Crippen LogP contribution in [-0.4, -0.2) is 64.2 Å². The fraction of sp³-hybridized carbons (Fsp3) is 0.682. The molecule has 0 amide bonds. The molecule has 1 rings (SSSR count). The summed E-state index contributed by atoms with van der Waals surface area (Å²) in [5.41, 5.74) is 0. The molecule has 0 fully saturated rings. The van der Waals surface area contributed by atoms with E-state index in [9.17, 15) is 14.4 Å². The van der Waals surface area contributed by atoms with Crippen LogP contribution in [0.15, 0.2) is 24.3 Å². The second-order valence-corrected chi connectivity index (χ2v) is 7.43. The van der Waals surface area contributed by atoms with E-state index in [4.69, 9.17) is 23.7 Å². The fourth-order valence-electron chi connectivity index (χ4n) is 2.76. The summed E-state index contributed by atoms with van der Waals surface area (Å²) < 4.78 is 26.5. The van der Waals surface area contributed by atoms with Crippen molar-refractivity contribution in [2.75, 3.05) is 34.0 Å². The first-order valence-corrected chi connectivity index (χ1v) is 10.1. The minimum absolute atomic E-state index is 0.0508. The maximum Gasteiger partial charge on any atom is 0.312 e. The highest BCUT2D eigenvalue weighted by molar-refractivity contribution is 5.74. The van der Waals surface area contributed by atoms with Gasteiger partial charge < -0.3 is 23.7 Å². The van der Waals surface area contributed by atoms with E-state index in [1.165, 1.54) is 7.11 Å². The maximum atomic E-state index is 12.1. The number of hydrogen-bond donors (Lipinski definition) is 0. The molecule has 0 radical (unpaired) electrons. The molecule has 0 bridgehead atoms. The van der Waals surface area contributed by atoms with E-state index in [1.54, 1.807) is 26.2 Å². The molecule has 8 heteroatoms. The third kappa shape index (κ3) is 9.54. The predicted molar refractivity (Wildman–Crippen MR) is 109 cm³/mol. The van der Waals surface area contributed by atoms with Gasteiger partial charge in [-0.05, 0) is 6.92 Å². The molecular formula is C22H34O8. The summed E-state index contributed by atoms with van der Waals surface area (Å²) in [4.78, 5) is 36.0. The number of esters is 3. The van der Waals surface area contributed by atoms with Gasteiger partial charge in [0.1, 0.15) is 19.8 Å². The first kappa shape index (κ1) is 25.8. The standard InChI is InChI=1S/C22H34O8/c1-15-8-6-10-20(23)28-12-17(3)22(25)30-14-19(27-5)16(2)9-7-11-21(24)29-13-18(15)26-4/h6-9,15-19H,10-14H2,1-5H3/b8-6+,9-7+/t15-,16-,17+,18-,19-/m0/s1. The summed E-state index contributed by atoms with van der Waals surface area (Å²) in [5, 5.41) is 0. The van der Waals surface area contributed by atoms with Crippen molar-refractivity contribution < 1.29 is 38.1 Å². The van der Waals surface area contributed by atoms with Gasteiger partial charge in [-0.25, -0.2) is 0 Å². The molecule has 0 aromatic heterocycles. The van der Waals surface area contributed by atoms with E-state index in [1.807, 2.05) is 26.0 Å². The van der Waals surface area contributed by atoms with Gasteiger partial charge in [0.15, 0.2) is 0 Å². The molecular weight excluding hydrogens is 392 g/mol. The van der Waals surface area contributed by atoms with Gasteiger partial charge in [0.2, 0.25) is 0 Å². The number of ether oxygens (including phenoxy) is 5. The number of rotatable bonds is 2. The first-order chi connectivity index (χ1) is 14.3. The summed E-state index contributed by atoms with van der Waals surface area (Å²) in [6.07, 6.45) is 6.51. The van der Waals surface area contributed by atoms with Crippen molar-refractivity contribution in [3.8, 4) is 0 Å². The summed E-state index contributed by atoms with van der Waals surface area (Å²) in [7, 11) is 3.07. The molecule has 0 aromatic rings. The van der Waals surface area contributed by atoms with Crippen LogP contribution in [0.1, 0.15) is 33.6 Å². The Morgan fingerprint density at radius 3 is 1.63 bits per heavy atom. The second-order valence-electron chi connectivity index (χ2n) is 7.43. The lowest BCUT2D eigenvalue weighted by Crippen LogP contribution is -2.30. The Bertz CT molecular complexity index is 612. The summed E-state index contributed by atoms with van der Waals surface area (Å²) in [6, 6.07) is 0. The van der Waals surface area contributed by atoms with Crippen LogP contribution in [-0.2, 0) is 38.1 Å². The predicted octanol–water partition coefficient (Wildman–Crippen LogP) is 2.46. The minimum Gasteiger partial charge on any atom is -0.465 e. The number of hydrogen-bond acceptors (Lipinski definition) is 8. The van der Waals surface area contributed by atoms with Gasteiger partial charge in [0.05, 0.1) is 31.0 Å². The number of cyclic esters (lactones) is 3. The van der Waals surface area contributed by atoms with Crippen LogP contribution in [0.3, 0.4) is 0 Å². The topological polar surface area (TPSA) is 97.4 Å². The average molecular weight is 427 g/mol. The quantitative estimate of drug-likeness (QED) is 0.377. The first-order valence-electron chi connectivity index (χ1n) is 10.1. The molecule has 170 valence electrons. The Labute approximate surface area is 178 Å². The molecule has 8 nitrogen and oxygen atoms in total. The van der Waals surface area contributed by atoms with E-state index in [0.717, 1.165) is 0 Å². The van der Waals surface area contributed by atoms with Gasteiger partial charge in [0.25, 0.3) is 0 Å². The van der Waals surface area contributed by atoms with E-state index >= 15 is 0 Å². The number of methoxy groups -OCH3 is 2. The summed E-state index contributed by atoms with van der Waals surface area (Å²) in [5.74, 6) is -2.03. The van der Waals surface area contributed by atoms with Crippen LogP contribution in [0, 0.1) is 17.8 Å². The lowest BCUT2D eigenvalue weighted by Gasteiger charge is -2.21. The van der Waals surface area contributed by atoms with Gasteiger partial charge in [-0.2, -0.15) is 0 Å². The summed E-state index contributed by atoms with van der Waals surface area (Å²) in [6.45, 7) is 5.56. The molecule has 0 aliphatic carbocycles. The third-order valence-electron chi connectivity index (χ3n) is 4.92. The molecule has 0 saturated carbocycles. The molecule has 5 atom stereocenters. The molecule has 1 aliphatic rings. The monoisotopic (exact) mass is 426 g/mol. The fourth-order valence-corrected chi connectivity index (χ4v) is 2.76. The third-order valence-corrected chi connectivity index (χ3v) is 4.92. The highest BCUT2D eigenvalue weighted by Crippen LogP contribution is 2.13. The summed E-state index contributed by atoms with van der Waals surface area (Å²) >= 11 is 0.